The van der Waals surface area contributed by atoms with Gasteiger partial charge in [0, 0.05) is 5.92 Å². The molecule has 6 heteroatoms. The van der Waals surface area contributed by atoms with Gasteiger partial charge >= 0.3 is 0 Å². The monoisotopic (exact) mass is 277 g/mol. The van der Waals surface area contributed by atoms with Gasteiger partial charge in [-0.25, -0.2) is 4.39 Å². The third-order valence-electron chi connectivity index (χ3n) is 3.21. The second-order valence-corrected chi connectivity index (χ2v) is 4.90. The zero-order valence-corrected chi connectivity index (χ0v) is 11.0. The molecule has 3 rings (SSSR count). The van der Waals surface area contributed by atoms with Crippen molar-refractivity contribution in [1.29, 1.82) is 0 Å². The van der Waals surface area contributed by atoms with Crippen molar-refractivity contribution in [3.05, 3.63) is 41.3 Å². The molecule has 106 valence electrons. The van der Waals surface area contributed by atoms with Crippen LogP contribution in [-0.4, -0.2) is 16.7 Å². The summed E-state index contributed by atoms with van der Waals surface area (Å²) in [5, 5.41) is 3.92. The summed E-state index contributed by atoms with van der Waals surface area (Å²) < 4.78 is 23.9. The summed E-state index contributed by atoms with van der Waals surface area (Å²) in [7, 11) is 0. The molecule has 2 N–H and O–H groups in total. The van der Waals surface area contributed by atoms with E-state index in [0.717, 1.165) is 24.2 Å². The summed E-state index contributed by atoms with van der Waals surface area (Å²) in [5.41, 5.74) is 6.26. The summed E-state index contributed by atoms with van der Waals surface area (Å²) in [6, 6.07) is 4.39. The molecule has 0 atom stereocenters. The van der Waals surface area contributed by atoms with E-state index >= 15 is 0 Å². The Hall–Kier alpha value is -1.95. The van der Waals surface area contributed by atoms with Crippen LogP contribution in [0.15, 0.2) is 22.7 Å². The van der Waals surface area contributed by atoms with E-state index < -0.39 is 0 Å². The van der Waals surface area contributed by atoms with Crippen LogP contribution in [0.2, 0.25) is 0 Å². The Kier molecular flexibility index (Phi) is 3.64. The van der Waals surface area contributed by atoms with Crippen LogP contribution in [0.5, 0.6) is 5.75 Å². The van der Waals surface area contributed by atoms with E-state index in [4.69, 9.17) is 15.0 Å². The Morgan fingerprint density at radius 3 is 3.00 bits per heavy atom. The molecular formula is C14H16FN3O2. The molecule has 1 saturated carbocycles. The number of hydrogen-bond acceptors (Lipinski definition) is 5. The van der Waals surface area contributed by atoms with Gasteiger partial charge < -0.3 is 15.0 Å². The maximum atomic E-state index is 13.2. The van der Waals surface area contributed by atoms with Crippen LogP contribution < -0.4 is 10.5 Å². The lowest BCUT2D eigenvalue weighted by molar-refractivity contribution is 0.240. The van der Waals surface area contributed by atoms with Crippen LogP contribution in [0, 0.1) is 5.82 Å². The molecule has 1 aliphatic carbocycles. The highest BCUT2D eigenvalue weighted by molar-refractivity contribution is 5.34. The van der Waals surface area contributed by atoms with E-state index in [0.29, 0.717) is 30.5 Å². The molecule has 0 aliphatic heterocycles. The average molecular weight is 277 g/mol. The lowest BCUT2D eigenvalue weighted by Crippen LogP contribution is -2.06. The maximum absolute atomic E-state index is 13.2. The highest BCUT2D eigenvalue weighted by Gasteiger charge is 2.28. The lowest BCUT2D eigenvalue weighted by Gasteiger charge is -2.09. The highest BCUT2D eigenvalue weighted by Crippen LogP contribution is 2.38. The number of halogens is 1. The van der Waals surface area contributed by atoms with Crippen LogP contribution in [0.25, 0.3) is 0 Å². The minimum Gasteiger partial charge on any atom is -0.483 e. The number of nitrogens with zero attached hydrogens (tertiary/aromatic N) is 2. The largest absolute Gasteiger partial charge is 0.483 e. The average Bonchev–Trinajstić information content (AvgIpc) is 3.18. The summed E-state index contributed by atoms with van der Waals surface area (Å²) in [6.45, 7) is 0.620. The molecule has 0 spiro atoms. The Morgan fingerprint density at radius 1 is 1.40 bits per heavy atom. The molecule has 1 aromatic heterocycles. The molecule has 2 aromatic rings. The van der Waals surface area contributed by atoms with E-state index in [9.17, 15) is 4.39 Å². The lowest BCUT2D eigenvalue weighted by atomic mass is 10.1. The van der Waals surface area contributed by atoms with Crippen molar-refractivity contribution in [2.75, 3.05) is 6.54 Å². The van der Waals surface area contributed by atoms with E-state index in [1.54, 1.807) is 6.07 Å². The van der Waals surface area contributed by atoms with Crippen molar-refractivity contribution in [3.63, 3.8) is 0 Å². The molecule has 0 bridgehead atoms. The maximum Gasteiger partial charge on any atom is 0.264 e. The minimum absolute atomic E-state index is 0.183. The Bertz CT molecular complexity index is 596. The molecule has 1 aromatic carbocycles. The van der Waals surface area contributed by atoms with E-state index in [1.807, 2.05) is 0 Å². The predicted molar refractivity (Wildman–Crippen MR) is 69.8 cm³/mol. The molecule has 0 radical (unpaired) electrons. The van der Waals surface area contributed by atoms with Gasteiger partial charge in [-0.1, -0.05) is 5.16 Å². The fourth-order valence-corrected chi connectivity index (χ4v) is 2.01. The fourth-order valence-electron chi connectivity index (χ4n) is 2.01. The fraction of sp³-hybridized carbons (Fsp3) is 0.429. The van der Waals surface area contributed by atoms with Gasteiger partial charge in [-0.2, -0.15) is 4.98 Å². The van der Waals surface area contributed by atoms with Gasteiger partial charge in [0.1, 0.15) is 11.6 Å². The van der Waals surface area contributed by atoms with Crippen molar-refractivity contribution >= 4 is 0 Å². The first kappa shape index (κ1) is 13.1. The summed E-state index contributed by atoms with van der Waals surface area (Å²) in [5.74, 6) is 1.95. The third kappa shape index (κ3) is 2.96. The molecule has 0 unspecified atom stereocenters. The first-order valence-corrected chi connectivity index (χ1v) is 6.70. The second-order valence-electron chi connectivity index (χ2n) is 4.90. The molecule has 1 aliphatic rings. The molecular weight excluding hydrogens is 261 g/mol. The predicted octanol–water partition coefficient (Wildman–Crippen LogP) is 2.17. The first-order valence-electron chi connectivity index (χ1n) is 6.70. The molecule has 20 heavy (non-hydrogen) atoms. The number of rotatable bonds is 6. The van der Waals surface area contributed by atoms with E-state index in [1.165, 1.54) is 12.1 Å². The second kappa shape index (κ2) is 5.58. The topological polar surface area (TPSA) is 74.2 Å². The van der Waals surface area contributed by atoms with Crippen LogP contribution in [0.3, 0.4) is 0 Å². The van der Waals surface area contributed by atoms with Crippen molar-refractivity contribution in [2.45, 2.75) is 31.8 Å². The highest BCUT2D eigenvalue weighted by atomic mass is 19.1. The standard InChI is InChI=1S/C14H16FN3O2/c15-11-3-4-12(10(7-11)5-6-16)19-8-13-17-14(18-20-13)9-1-2-9/h3-4,7,9H,1-2,5-6,8,16H2. The van der Waals surface area contributed by atoms with Crippen LogP contribution in [-0.2, 0) is 13.0 Å². The third-order valence-corrected chi connectivity index (χ3v) is 3.21. The Labute approximate surface area is 115 Å². The van der Waals surface area contributed by atoms with Gasteiger partial charge in [0.05, 0.1) is 0 Å². The van der Waals surface area contributed by atoms with Crippen LogP contribution in [0.4, 0.5) is 4.39 Å². The Morgan fingerprint density at radius 2 is 2.25 bits per heavy atom. The van der Waals surface area contributed by atoms with E-state index in [-0.39, 0.29) is 12.4 Å². The number of benzene rings is 1. The zero-order chi connectivity index (χ0) is 13.9. The normalized spacial score (nSPS) is 14.5. The minimum atomic E-state index is -0.297. The van der Waals surface area contributed by atoms with Crippen molar-refractivity contribution in [1.82, 2.24) is 10.1 Å². The number of hydrogen-bond donors (Lipinski definition) is 1. The van der Waals surface area contributed by atoms with Gasteiger partial charge in [-0.3, -0.25) is 0 Å². The van der Waals surface area contributed by atoms with Gasteiger partial charge in [0.2, 0.25) is 0 Å². The smallest absolute Gasteiger partial charge is 0.264 e. The molecule has 0 amide bonds. The van der Waals surface area contributed by atoms with E-state index in [2.05, 4.69) is 10.1 Å². The molecule has 5 nitrogen and oxygen atoms in total. The molecule has 1 heterocycles. The summed E-state index contributed by atoms with van der Waals surface area (Å²) >= 11 is 0. The first-order chi connectivity index (χ1) is 9.76. The molecule has 1 fully saturated rings. The number of nitrogens with two attached hydrogens (primary N) is 1. The van der Waals surface area contributed by atoms with Gasteiger partial charge in [0.25, 0.3) is 5.89 Å². The summed E-state index contributed by atoms with van der Waals surface area (Å²) in [6.07, 6.45) is 2.81. The van der Waals surface area contributed by atoms with Gasteiger partial charge in [-0.05, 0) is 49.6 Å². The van der Waals surface area contributed by atoms with Crippen LogP contribution >= 0.6 is 0 Å². The van der Waals surface area contributed by atoms with Gasteiger partial charge in [-0.15, -0.1) is 0 Å². The molecule has 0 saturated heterocycles. The number of aromatic nitrogens is 2. The van der Waals surface area contributed by atoms with Gasteiger partial charge in [0.15, 0.2) is 12.4 Å². The quantitative estimate of drug-likeness (QED) is 0.875. The van der Waals surface area contributed by atoms with Crippen molar-refractivity contribution in [2.24, 2.45) is 5.73 Å². The zero-order valence-electron chi connectivity index (χ0n) is 11.0. The van der Waals surface area contributed by atoms with Crippen LogP contribution in [0.1, 0.15) is 36.0 Å². The number of ether oxygens (including phenoxy) is 1. The van der Waals surface area contributed by atoms with Crippen molar-refractivity contribution in [3.8, 4) is 5.75 Å². The Balaban J connectivity index is 1.67. The summed E-state index contributed by atoms with van der Waals surface area (Å²) in [4.78, 5) is 4.28. The SMILES string of the molecule is NCCc1cc(F)ccc1OCc1nc(C2CC2)no1. The van der Waals surface area contributed by atoms with Crippen molar-refractivity contribution < 1.29 is 13.7 Å².